The predicted octanol–water partition coefficient (Wildman–Crippen LogP) is 9.97. The molecule has 1 heterocycles. The van der Waals surface area contributed by atoms with Crippen molar-refractivity contribution in [1.82, 2.24) is 23.4 Å². The topological polar surface area (TPSA) is 395 Å². The molecule has 0 unspecified atom stereocenters. The maximum Gasteiger partial charge on any atom is 0.219 e. The fourth-order valence-corrected chi connectivity index (χ4v) is 2.36. The van der Waals surface area contributed by atoms with Crippen LogP contribution in [0.4, 0.5) is 0 Å². The summed E-state index contributed by atoms with van der Waals surface area (Å²) in [4.78, 5) is 76.6. The van der Waals surface area contributed by atoms with Crippen molar-refractivity contribution in [2.24, 2.45) is 40.7 Å². The lowest BCUT2D eigenvalue weighted by molar-refractivity contribution is -0.129. The van der Waals surface area contributed by atoms with Gasteiger partial charge in [-0.3, -0.25) is 4.79 Å². The number of rotatable bonds is 5. The van der Waals surface area contributed by atoms with Gasteiger partial charge in [-0.15, -0.1) is 0 Å². The second-order valence-electron chi connectivity index (χ2n) is 13.5. The number of carbonyl (C=O) groups excluding carboxylic acids is 9. The van der Waals surface area contributed by atoms with E-state index < -0.39 is 0 Å². The highest BCUT2D eigenvalue weighted by atomic mass is 16.5. The molecule has 72 heavy (non-hydrogen) atoms. The van der Waals surface area contributed by atoms with Crippen LogP contribution in [0.1, 0.15) is 176 Å². The Labute approximate surface area is 448 Å². The quantitative estimate of drug-likeness (QED) is 0.136. The van der Waals surface area contributed by atoms with Crippen LogP contribution < -0.4 is 41.4 Å². The maximum absolute atomic E-state index is 10.7. The van der Waals surface area contributed by atoms with Crippen LogP contribution in [0.3, 0.4) is 0 Å². The van der Waals surface area contributed by atoms with Crippen LogP contribution in [-0.2, 0) is 54.3 Å². The van der Waals surface area contributed by atoms with Gasteiger partial charge in [0.1, 0.15) is 54.3 Å². The van der Waals surface area contributed by atoms with Gasteiger partial charge in [-0.25, -0.2) is 0 Å². The van der Waals surface area contributed by atoms with E-state index in [2.05, 4.69) is 137 Å². The van der Waals surface area contributed by atoms with E-state index in [9.17, 15) is 4.79 Å². The first-order valence-corrected chi connectivity index (χ1v) is 23.1. The highest BCUT2D eigenvalue weighted by Gasteiger charge is 2.11. The summed E-state index contributed by atoms with van der Waals surface area (Å²) in [5.74, 6) is 2.88. The van der Waals surface area contributed by atoms with Crippen molar-refractivity contribution in [1.29, 1.82) is 0 Å². The first-order chi connectivity index (χ1) is 32.8. The summed E-state index contributed by atoms with van der Waals surface area (Å²) in [6, 6.07) is 10.5. The average molecular weight is 1060 g/mol. The number of hydrogen-bond donors (Lipinski definition) is 8. The summed E-state index contributed by atoms with van der Waals surface area (Å²) in [7, 11) is 6.00. The number of aliphatic hydroxyl groups excluding tert-OH is 1. The van der Waals surface area contributed by atoms with Gasteiger partial charge in [0.25, 0.3) is 0 Å². The number of nitrogens with two attached hydrogens (primary N) is 4. The second kappa shape index (κ2) is 192. The molecular weight excluding hydrogens is 925 g/mol. The molecule has 0 aromatic heterocycles. The van der Waals surface area contributed by atoms with Crippen molar-refractivity contribution < 1.29 is 53.0 Å². The van der Waals surface area contributed by atoms with Crippen LogP contribution in [0.5, 0.6) is 0 Å². The number of ether oxygens (including phenoxy) is 1. The van der Waals surface area contributed by atoms with E-state index >= 15 is 0 Å². The Hall–Kier alpha value is -4.31. The lowest BCUT2D eigenvalue weighted by Gasteiger charge is -2.24. The third kappa shape index (κ3) is 359. The van der Waals surface area contributed by atoms with Gasteiger partial charge in [-0.05, 0) is 119 Å². The van der Waals surface area contributed by atoms with Gasteiger partial charge in [0.2, 0.25) is 5.91 Å². The van der Waals surface area contributed by atoms with Crippen molar-refractivity contribution in [3.63, 3.8) is 0 Å². The molecule has 1 aromatic carbocycles. The molecule has 18 N–H and O–H groups in total. The lowest BCUT2D eigenvalue weighted by atomic mass is 10.1. The molecule has 0 aliphatic carbocycles. The van der Waals surface area contributed by atoms with Crippen molar-refractivity contribution in [2.75, 3.05) is 47.9 Å². The van der Waals surface area contributed by atoms with Gasteiger partial charge in [0.15, 0.2) is 0 Å². The number of benzene rings is 1. The molecule has 19 heteroatoms. The average Bonchev–Trinajstić information content (AvgIpc) is 3.42. The van der Waals surface area contributed by atoms with Crippen molar-refractivity contribution in [3.05, 3.63) is 35.9 Å². The molecule has 1 aromatic rings. The van der Waals surface area contributed by atoms with Crippen molar-refractivity contribution >= 4 is 60.2 Å². The summed E-state index contributed by atoms with van der Waals surface area (Å²) in [6.45, 7) is 58.1. The molecule has 0 spiro atoms. The van der Waals surface area contributed by atoms with Crippen LogP contribution in [-0.4, -0.2) is 130 Å². The summed E-state index contributed by atoms with van der Waals surface area (Å²) >= 11 is 0. The molecule has 450 valence electrons. The van der Waals surface area contributed by atoms with E-state index in [0.29, 0.717) is 0 Å². The minimum absolute atomic E-state index is 0. The van der Waals surface area contributed by atoms with Crippen LogP contribution in [0, 0.1) is 17.8 Å². The number of piperidine rings is 1. The summed E-state index contributed by atoms with van der Waals surface area (Å²) < 4.78 is 5.23. The molecule has 0 saturated carbocycles. The third-order valence-corrected chi connectivity index (χ3v) is 6.08. The molecule has 1 fully saturated rings. The number of amides is 1. The minimum atomic E-state index is -0.167. The van der Waals surface area contributed by atoms with E-state index in [1.165, 1.54) is 72.3 Å². The zero-order valence-electron chi connectivity index (χ0n) is 51.8. The third-order valence-electron chi connectivity index (χ3n) is 6.08. The van der Waals surface area contributed by atoms with Crippen LogP contribution in [0.25, 0.3) is 0 Å². The molecule has 1 aliphatic rings. The molecule has 2 rings (SSSR count). The van der Waals surface area contributed by atoms with Gasteiger partial charge in [0.05, 0.1) is 5.60 Å². The smallest absolute Gasteiger partial charge is 0.219 e. The van der Waals surface area contributed by atoms with Gasteiger partial charge in [-0.1, -0.05) is 133 Å². The van der Waals surface area contributed by atoms with E-state index in [4.69, 9.17) is 48.2 Å². The number of aliphatic hydroxyl groups is 1. The number of nitrogens with zero attached hydrogens (tertiary/aromatic N) is 1. The fourth-order valence-electron chi connectivity index (χ4n) is 2.36. The molecule has 1 amide bonds. The second-order valence-corrected chi connectivity index (χ2v) is 13.5. The Balaban J connectivity index is -0.0000000206. The minimum Gasteiger partial charge on any atom is -0.394 e. The number of likely N-dealkylation sites (tertiary alicyclic amines) is 1. The predicted molar refractivity (Wildman–Crippen MR) is 320 cm³/mol. The van der Waals surface area contributed by atoms with Crippen molar-refractivity contribution in [2.45, 2.75) is 188 Å². The Kier molecular flexibility index (Phi) is 369. The zero-order chi connectivity index (χ0) is 60.9. The molecule has 0 bridgehead atoms. The molecule has 1 saturated heterocycles. The highest BCUT2D eigenvalue weighted by molar-refractivity contribution is 5.73. The summed E-state index contributed by atoms with van der Waals surface area (Å²) in [6.07, 6.45) is 8.57. The Bertz CT molecular complexity index is 756. The molecular formula is C53H132N8O11. The van der Waals surface area contributed by atoms with Gasteiger partial charge in [0, 0.05) is 32.7 Å². The normalized spacial score (nSPS) is 8.03. The summed E-state index contributed by atoms with van der Waals surface area (Å²) in [5, 5.41) is 8.06. The zero-order valence-corrected chi connectivity index (χ0v) is 51.8. The standard InChI is InChI=1S/C8H10.C7H13NO.C6H14O.3C5H12.C3H8O.C2H6.4CH5N.8CH2O.3H3N/c1-2-8-6-4-3-5-7-8;1-7(9)8-5-3-2-4-6-8;1-5-7-6(2,3)4;3*1-4-5(2)3;1-3(2)4;13*1-2;;;/h3-7H,2H2,1H3;2-6H2,1H3;5H2,1-4H3;3*5H,4H2,1-3H3;3-4H,1-2H3;1-2H3;4*2H2,1H3;8*1H2;3*1H3. The first-order valence-electron chi connectivity index (χ1n) is 23.1. The SMILES string of the molecule is C=O.C=O.C=O.C=O.C=O.C=O.C=O.C=O.CC.CC(=O)N1CCCCC1.CC(C)O.CCC(C)C.CCC(C)C.CCC(C)C.CCOC(C)(C)C.CCc1ccccc1.CN.CN.CN.CN.N.N.N. The van der Waals surface area contributed by atoms with Gasteiger partial charge >= 0.3 is 0 Å². The molecule has 19 nitrogen and oxygen atoms in total. The van der Waals surface area contributed by atoms with E-state index in [-0.39, 0.29) is 36.1 Å². The molecule has 1 aliphatic heterocycles. The van der Waals surface area contributed by atoms with Gasteiger partial charge < -0.3 is 94.5 Å². The number of hydrogen-bond acceptors (Lipinski definition) is 18. The van der Waals surface area contributed by atoms with Crippen molar-refractivity contribution in [3.8, 4) is 0 Å². The number of carbonyl (C=O) groups is 9. The fraction of sp³-hybridized carbons (Fsp3) is 0.717. The monoisotopic (exact) mass is 1060 g/mol. The first kappa shape index (κ1) is 138. The van der Waals surface area contributed by atoms with Crippen LogP contribution in [0.15, 0.2) is 30.3 Å². The van der Waals surface area contributed by atoms with Crippen LogP contribution in [0.2, 0.25) is 0 Å². The Morgan fingerprint density at radius 2 is 0.722 bits per heavy atom. The van der Waals surface area contributed by atoms with Crippen LogP contribution >= 0.6 is 0 Å². The molecule has 0 radical (unpaired) electrons. The summed E-state index contributed by atoms with van der Waals surface area (Å²) in [5.41, 5.74) is 19.5. The van der Waals surface area contributed by atoms with E-state index in [1.807, 2.05) is 86.1 Å². The Morgan fingerprint density at radius 1 is 0.528 bits per heavy atom. The van der Waals surface area contributed by atoms with E-state index in [0.717, 1.165) is 43.9 Å². The number of aryl methyl sites for hydroxylation is 1. The Morgan fingerprint density at radius 3 is 0.806 bits per heavy atom. The highest BCUT2D eigenvalue weighted by Crippen LogP contribution is 2.08. The maximum atomic E-state index is 10.7. The molecule has 0 atom stereocenters. The van der Waals surface area contributed by atoms with Gasteiger partial charge in [-0.2, -0.15) is 0 Å². The lowest BCUT2D eigenvalue weighted by Crippen LogP contribution is -2.33. The van der Waals surface area contributed by atoms with E-state index in [1.54, 1.807) is 20.8 Å². The largest absolute Gasteiger partial charge is 0.394 e.